The van der Waals surface area contributed by atoms with Crippen LogP contribution in [0.2, 0.25) is 0 Å². The van der Waals surface area contributed by atoms with Crippen LogP contribution in [0.3, 0.4) is 0 Å². The first-order valence-electron chi connectivity index (χ1n) is 9.38. The predicted molar refractivity (Wildman–Crippen MR) is 111 cm³/mol. The Balaban J connectivity index is 1.59. The van der Waals surface area contributed by atoms with Gasteiger partial charge in [-0.25, -0.2) is 18.5 Å². The van der Waals surface area contributed by atoms with Gasteiger partial charge in [-0.1, -0.05) is 0 Å². The molecule has 2 amide bonds. The molecule has 32 heavy (non-hydrogen) atoms. The van der Waals surface area contributed by atoms with E-state index in [0.29, 0.717) is 18.5 Å². The summed E-state index contributed by atoms with van der Waals surface area (Å²) in [5.74, 6) is -1.27. The number of nitrogens with zero attached hydrogens (tertiary/aromatic N) is 2. The van der Waals surface area contributed by atoms with E-state index in [-0.39, 0.29) is 29.5 Å². The Kier molecular flexibility index (Phi) is 7.10. The first-order chi connectivity index (χ1) is 14.9. The van der Waals surface area contributed by atoms with Crippen molar-refractivity contribution in [3.63, 3.8) is 0 Å². The molecule has 1 aromatic carbocycles. The fraction of sp³-hybridized carbons (Fsp3) is 0.316. The van der Waals surface area contributed by atoms with E-state index in [9.17, 15) is 31.2 Å². The van der Waals surface area contributed by atoms with Crippen LogP contribution in [0.25, 0.3) is 0 Å². The van der Waals surface area contributed by atoms with Gasteiger partial charge in [0.25, 0.3) is 5.91 Å². The van der Waals surface area contributed by atoms with E-state index in [1.165, 1.54) is 47.5 Å². The average molecular weight is 489 g/mol. The second kappa shape index (κ2) is 9.46. The lowest BCUT2D eigenvalue weighted by atomic mass is 9.95. The van der Waals surface area contributed by atoms with Crippen molar-refractivity contribution in [3.05, 3.63) is 48.2 Å². The molecule has 0 saturated carbocycles. The summed E-state index contributed by atoms with van der Waals surface area (Å²) in [7, 11) is -3.84. The van der Waals surface area contributed by atoms with Gasteiger partial charge in [-0.15, -0.1) is 0 Å². The van der Waals surface area contributed by atoms with Crippen LogP contribution >= 0.6 is 11.8 Å². The van der Waals surface area contributed by atoms with Crippen LogP contribution in [0.1, 0.15) is 23.2 Å². The van der Waals surface area contributed by atoms with Gasteiger partial charge in [0.05, 0.1) is 10.5 Å². The Morgan fingerprint density at radius 3 is 2.31 bits per heavy atom. The molecular weight excluding hydrogens is 469 g/mol. The lowest BCUT2D eigenvalue weighted by Gasteiger charge is -2.31. The Morgan fingerprint density at radius 2 is 1.75 bits per heavy atom. The molecule has 3 N–H and O–H groups in total. The first kappa shape index (κ1) is 24.0. The van der Waals surface area contributed by atoms with E-state index < -0.39 is 44.1 Å². The second-order valence-corrected chi connectivity index (χ2v) is 9.64. The lowest BCUT2D eigenvalue weighted by Crippen LogP contribution is -2.41. The Morgan fingerprint density at radius 1 is 1.12 bits per heavy atom. The molecule has 1 aliphatic rings. The van der Waals surface area contributed by atoms with Gasteiger partial charge in [-0.3, -0.25) is 9.59 Å². The standard InChI is InChI=1S/C19H19F3N4O4S2/c20-19(21,22)31-17-15(2-1-9-24-17)18(28)26-10-7-12(8-11-26)16(27)25-13-3-5-14(6-4-13)32(23,29)30/h1-6,9,12H,7-8,10-11H2,(H,25,27)(H2,23,29,30). The summed E-state index contributed by atoms with van der Waals surface area (Å²) in [5.41, 5.74) is -4.31. The average Bonchev–Trinajstić information content (AvgIpc) is 2.72. The SMILES string of the molecule is NS(=O)(=O)c1ccc(NC(=O)C2CCN(C(=O)c3cccnc3SC(F)(F)F)CC2)cc1. The van der Waals surface area contributed by atoms with Crippen LogP contribution in [0.5, 0.6) is 0 Å². The number of aromatic nitrogens is 1. The molecule has 1 aromatic heterocycles. The smallest absolute Gasteiger partial charge is 0.339 e. The third kappa shape index (κ3) is 6.20. The number of sulfonamides is 1. The molecule has 2 aromatic rings. The van der Waals surface area contributed by atoms with Crippen LogP contribution in [0, 0.1) is 5.92 Å². The topological polar surface area (TPSA) is 122 Å². The molecule has 172 valence electrons. The van der Waals surface area contributed by atoms with Gasteiger partial charge < -0.3 is 10.2 Å². The molecular formula is C19H19F3N4O4S2. The lowest BCUT2D eigenvalue weighted by molar-refractivity contribution is -0.121. The number of anilines is 1. The zero-order valence-electron chi connectivity index (χ0n) is 16.5. The van der Waals surface area contributed by atoms with Gasteiger partial charge in [0, 0.05) is 42.7 Å². The maximum atomic E-state index is 12.7. The maximum Gasteiger partial charge on any atom is 0.447 e. The fourth-order valence-corrected chi connectivity index (χ4v) is 4.35. The molecule has 0 aliphatic carbocycles. The number of carbonyl (C=O) groups excluding carboxylic acids is 2. The van der Waals surface area contributed by atoms with Crippen LogP contribution in [-0.2, 0) is 14.8 Å². The van der Waals surface area contributed by atoms with E-state index in [4.69, 9.17) is 5.14 Å². The molecule has 0 radical (unpaired) electrons. The molecule has 0 atom stereocenters. The summed E-state index contributed by atoms with van der Waals surface area (Å²) in [4.78, 5) is 30.2. The minimum Gasteiger partial charge on any atom is -0.339 e. The van der Waals surface area contributed by atoms with Gasteiger partial charge in [-0.05, 0) is 49.2 Å². The zero-order chi connectivity index (χ0) is 23.5. The van der Waals surface area contributed by atoms with E-state index in [0.717, 1.165) is 0 Å². The van der Waals surface area contributed by atoms with E-state index in [2.05, 4.69) is 10.3 Å². The number of carbonyl (C=O) groups is 2. The number of primary sulfonamides is 1. The number of thioether (sulfide) groups is 1. The molecule has 0 bridgehead atoms. The van der Waals surface area contributed by atoms with Crippen molar-refractivity contribution in [2.45, 2.75) is 28.3 Å². The third-order valence-corrected chi connectivity index (χ3v) is 6.50. The minimum absolute atomic E-state index is 0.0826. The van der Waals surface area contributed by atoms with E-state index in [1.807, 2.05) is 0 Å². The van der Waals surface area contributed by atoms with Gasteiger partial charge in [0.1, 0.15) is 5.03 Å². The number of amides is 2. The van der Waals surface area contributed by atoms with Crippen molar-refractivity contribution in [3.8, 4) is 0 Å². The van der Waals surface area contributed by atoms with Gasteiger partial charge in [0.15, 0.2) is 0 Å². The number of nitrogens with two attached hydrogens (primary N) is 1. The number of benzene rings is 1. The summed E-state index contributed by atoms with van der Waals surface area (Å²) in [6.45, 7) is 0.401. The van der Waals surface area contributed by atoms with E-state index >= 15 is 0 Å². The largest absolute Gasteiger partial charge is 0.447 e. The van der Waals surface area contributed by atoms with Crippen LogP contribution in [0.4, 0.5) is 18.9 Å². The highest BCUT2D eigenvalue weighted by Crippen LogP contribution is 2.37. The summed E-state index contributed by atoms with van der Waals surface area (Å²) >= 11 is -0.439. The highest BCUT2D eigenvalue weighted by molar-refractivity contribution is 8.00. The summed E-state index contributed by atoms with van der Waals surface area (Å²) in [5, 5.41) is 7.31. The third-order valence-electron chi connectivity index (χ3n) is 4.82. The van der Waals surface area contributed by atoms with Crippen molar-refractivity contribution >= 4 is 39.3 Å². The number of nitrogens with one attached hydrogen (secondary N) is 1. The number of piperidine rings is 1. The summed E-state index contributed by atoms with van der Waals surface area (Å²) < 4.78 is 60.8. The summed E-state index contributed by atoms with van der Waals surface area (Å²) in [6, 6.07) is 8.08. The quantitative estimate of drug-likeness (QED) is 0.624. The Bertz CT molecular complexity index is 1100. The van der Waals surface area contributed by atoms with Crippen molar-refractivity contribution in [2.75, 3.05) is 18.4 Å². The second-order valence-electron chi connectivity index (χ2n) is 7.03. The molecule has 1 fully saturated rings. The number of likely N-dealkylation sites (tertiary alicyclic amines) is 1. The number of alkyl halides is 3. The normalized spacial score (nSPS) is 15.4. The number of hydrogen-bond acceptors (Lipinski definition) is 6. The Labute approximate surface area is 186 Å². The Hall–Kier alpha value is -2.64. The molecule has 2 heterocycles. The molecule has 0 unspecified atom stereocenters. The van der Waals surface area contributed by atoms with Crippen molar-refractivity contribution in [1.29, 1.82) is 0 Å². The predicted octanol–water partition coefficient (Wildman–Crippen LogP) is 2.83. The van der Waals surface area contributed by atoms with E-state index in [1.54, 1.807) is 0 Å². The summed E-state index contributed by atoms with van der Waals surface area (Å²) in [6.07, 6.45) is 1.85. The monoisotopic (exact) mass is 488 g/mol. The number of rotatable bonds is 5. The van der Waals surface area contributed by atoms with Crippen LogP contribution < -0.4 is 10.5 Å². The molecule has 1 saturated heterocycles. The molecule has 8 nitrogen and oxygen atoms in total. The maximum absolute atomic E-state index is 12.7. The first-order valence-corrected chi connectivity index (χ1v) is 11.7. The highest BCUT2D eigenvalue weighted by Gasteiger charge is 2.34. The van der Waals surface area contributed by atoms with Gasteiger partial charge >= 0.3 is 5.51 Å². The van der Waals surface area contributed by atoms with Gasteiger partial charge in [0.2, 0.25) is 15.9 Å². The van der Waals surface area contributed by atoms with Crippen LogP contribution in [-0.4, -0.2) is 48.7 Å². The molecule has 3 rings (SSSR count). The molecule has 13 heteroatoms. The van der Waals surface area contributed by atoms with Crippen molar-refractivity contribution in [1.82, 2.24) is 9.88 Å². The number of hydrogen-bond donors (Lipinski definition) is 2. The fourth-order valence-electron chi connectivity index (χ4n) is 3.23. The van der Waals surface area contributed by atoms with Crippen molar-refractivity contribution in [2.24, 2.45) is 11.1 Å². The minimum atomic E-state index is -4.57. The van der Waals surface area contributed by atoms with Gasteiger partial charge in [-0.2, -0.15) is 13.2 Å². The zero-order valence-corrected chi connectivity index (χ0v) is 18.1. The number of pyridine rings is 1. The van der Waals surface area contributed by atoms with Crippen LogP contribution in [0.15, 0.2) is 52.5 Å². The molecule has 1 aliphatic heterocycles. The van der Waals surface area contributed by atoms with Crippen molar-refractivity contribution < 1.29 is 31.2 Å². The highest BCUT2D eigenvalue weighted by atomic mass is 32.2. The molecule has 0 spiro atoms. The number of halogens is 3.